The zero-order chi connectivity index (χ0) is 14.5. The number of imidazole rings is 1. The summed E-state index contributed by atoms with van der Waals surface area (Å²) in [5.74, 6) is -0.0276. The van der Waals surface area contributed by atoms with Crippen LogP contribution < -0.4 is 11.3 Å². The lowest BCUT2D eigenvalue weighted by Crippen LogP contribution is -2.40. The van der Waals surface area contributed by atoms with Crippen molar-refractivity contribution in [1.82, 2.24) is 19.5 Å². The monoisotopic (exact) mass is 281 g/mol. The van der Waals surface area contributed by atoms with E-state index in [1.165, 1.54) is 6.33 Å². The number of anilines is 1. The molecule has 0 aromatic carbocycles. The highest BCUT2D eigenvalue weighted by Crippen LogP contribution is 2.38. The average Bonchev–Trinajstić information content (AvgIpc) is 2.92. The van der Waals surface area contributed by atoms with Gasteiger partial charge in [0, 0.05) is 12.5 Å². The van der Waals surface area contributed by atoms with Crippen molar-refractivity contribution in [3.8, 4) is 0 Å². The number of nitrogens with zero attached hydrogens (tertiary/aromatic N) is 3. The molecule has 1 fully saturated rings. The van der Waals surface area contributed by atoms with Crippen molar-refractivity contribution < 1.29 is 15.3 Å². The van der Waals surface area contributed by atoms with Crippen LogP contribution in [0.1, 0.15) is 18.9 Å². The lowest BCUT2D eigenvalue weighted by molar-refractivity contribution is -0.0855. The molecule has 0 spiro atoms. The number of nitrogen functional groups attached to an aromatic ring is 1. The van der Waals surface area contributed by atoms with Crippen molar-refractivity contribution in [3.05, 3.63) is 16.7 Å². The Hall–Kier alpha value is -1.97. The molecule has 9 nitrogen and oxygen atoms in total. The first kappa shape index (κ1) is 13.0. The summed E-state index contributed by atoms with van der Waals surface area (Å²) < 4.78 is 1.60. The Bertz CT molecular complexity index is 710. The number of rotatable bonds is 2. The fourth-order valence-electron chi connectivity index (χ4n) is 2.70. The van der Waals surface area contributed by atoms with E-state index in [9.17, 15) is 20.1 Å². The number of aromatic amines is 1. The van der Waals surface area contributed by atoms with E-state index in [2.05, 4.69) is 15.0 Å². The number of aromatic nitrogens is 4. The van der Waals surface area contributed by atoms with E-state index in [1.54, 1.807) is 4.57 Å². The summed E-state index contributed by atoms with van der Waals surface area (Å²) in [6.07, 6.45) is 0.753. The first-order valence-corrected chi connectivity index (χ1v) is 6.18. The number of nitrogens with one attached hydrogen (secondary N) is 1. The standard InChI is InChI=1S/C11H15N5O4/c12-10-14-8-7(9(19)15-10)13-4-16(8)5-1-6(18)11(20,2-5)3-17/h4-6,17-18,20H,1-3H2,(H3,12,14,15,19)/t5-,6-,11-/m0/s1. The Kier molecular flexibility index (Phi) is 2.78. The number of H-pyrrole nitrogens is 1. The molecule has 0 bridgehead atoms. The van der Waals surface area contributed by atoms with Gasteiger partial charge in [-0.15, -0.1) is 0 Å². The summed E-state index contributed by atoms with van der Waals surface area (Å²) in [5.41, 5.74) is 3.96. The van der Waals surface area contributed by atoms with Crippen molar-refractivity contribution in [2.24, 2.45) is 0 Å². The molecule has 3 atom stereocenters. The summed E-state index contributed by atoms with van der Waals surface area (Å²) in [6, 6.07) is -0.319. The van der Waals surface area contributed by atoms with Gasteiger partial charge in [0.2, 0.25) is 5.95 Å². The molecule has 20 heavy (non-hydrogen) atoms. The molecule has 108 valence electrons. The zero-order valence-corrected chi connectivity index (χ0v) is 10.5. The fourth-order valence-corrected chi connectivity index (χ4v) is 2.70. The molecular formula is C11H15N5O4. The smallest absolute Gasteiger partial charge is 0.280 e. The lowest BCUT2D eigenvalue weighted by Gasteiger charge is -2.23. The average molecular weight is 281 g/mol. The van der Waals surface area contributed by atoms with Crippen LogP contribution in [-0.4, -0.2) is 53.2 Å². The number of fused-ring (bicyclic) bond motifs is 1. The van der Waals surface area contributed by atoms with Crippen LogP contribution in [0.3, 0.4) is 0 Å². The Morgan fingerprint density at radius 1 is 1.60 bits per heavy atom. The molecule has 0 amide bonds. The molecule has 2 aromatic heterocycles. The molecule has 0 unspecified atom stereocenters. The Labute approximate surface area is 112 Å². The SMILES string of the molecule is Nc1nc2c(ncn2[C@H]2C[C@H](O)[C@@](O)(CO)C2)c(=O)[nH]1. The summed E-state index contributed by atoms with van der Waals surface area (Å²) in [5, 5.41) is 29.1. The van der Waals surface area contributed by atoms with E-state index >= 15 is 0 Å². The third kappa shape index (κ3) is 1.79. The molecule has 0 saturated heterocycles. The molecule has 6 N–H and O–H groups in total. The number of nitrogens with two attached hydrogens (primary N) is 1. The molecular weight excluding hydrogens is 266 g/mol. The van der Waals surface area contributed by atoms with Crippen molar-refractivity contribution in [2.45, 2.75) is 30.6 Å². The maximum atomic E-state index is 11.7. The number of hydrogen-bond donors (Lipinski definition) is 5. The van der Waals surface area contributed by atoms with Gasteiger partial charge in [-0.1, -0.05) is 0 Å². The van der Waals surface area contributed by atoms with Gasteiger partial charge in [0.1, 0.15) is 5.60 Å². The van der Waals surface area contributed by atoms with Crippen molar-refractivity contribution in [1.29, 1.82) is 0 Å². The van der Waals surface area contributed by atoms with Crippen LogP contribution in [-0.2, 0) is 0 Å². The van der Waals surface area contributed by atoms with E-state index < -0.39 is 23.9 Å². The van der Waals surface area contributed by atoms with Crippen LogP contribution in [0.5, 0.6) is 0 Å². The molecule has 0 radical (unpaired) electrons. The minimum absolute atomic E-state index is 0.0276. The summed E-state index contributed by atoms with van der Waals surface area (Å²) in [6.45, 7) is -0.534. The van der Waals surface area contributed by atoms with Gasteiger partial charge in [-0.3, -0.25) is 9.78 Å². The van der Waals surface area contributed by atoms with Crippen LogP contribution in [0.15, 0.2) is 11.1 Å². The molecule has 1 aliphatic rings. The molecule has 9 heteroatoms. The highest BCUT2D eigenvalue weighted by Gasteiger charge is 2.46. The van der Waals surface area contributed by atoms with Crippen molar-refractivity contribution in [2.75, 3.05) is 12.3 Å². The molecule has 0 aliphatic heterocycles. The van der Waals surface area contributed by atoms with Crippen molar-refractivity contribution in [3.63, 3.8) is 0 Å². The van der Waals surface area contributed by atoms with Gasteiger partial charge >= 0.3 is 0 Å². The third-order valence-electron chi connectivity index (χ3n) is 3.82. The largest absolute Gasteiger partial charge is 0.393 e. The van der Waals surface area contributed by atoms with Gasteiger partial charge < -0.3 is 25.6 Å². The normalized spacial score (nSPS) is 30.1. The van der Waals surface area contributed by atoms with Crippen LogP contribution in [0.2, 0.25) is 0 Å². The van der Waals surface area contributed by atoms with Gasteiger partial charge in [0.15, 0.2) is 11.2 Å². The van der Waals surface area contributed by atoms with Crippen LogP contribution in [0, 0.1) is 0 Å². The summed E-state index contributed by atoms with van der Waals surface area (Å²) >= 11 is 0. The van der Waals surface area contributed by atoms with Gasteiger partial charge in [0.05, 0.1) is 19.0 Å². The summed E-state index contributed by atoms with van der Waals surface area (Å²) in [4.78, 5) is 22.0. The predicted octanol–water partition coefficient (Wildman–Crippen LogP) is -1.88. The second-order valence-corrected chi connectivity index (χ2v) is 5.15. The van der Waals surface area contributed by atoms with Gasteiger partial charge in [-0.05, 0) is 6.42 Å². The predicted molar refractivity (Wildman–Crippen MR) is 68.9 cm³/mol. The third-order valence-corrected chi connectivity index (χ3v) is 3.82. The van der Waals surface area contributed by atoms with Crippen LogP contribution >= 0.6 is 0 Å². The molecule has 2 heterocycles. The minimum Gasteiger partial charge on any atom is -0.393 e. The van der Waals surface area contributed by atoms with E-state index in [1.807, 2.05) is 0 Å². The Balaban J connectivity index is 2.06. The van der Waals surface area contributed by atoms with Crippen LogP contribution in [0.4, 0.5) is 5.95 Å². The molecule has 2 aromatic rings. The lowest BCUT2D eigenvalue weighted by atomic mass is 10.0. The quantitative estimate of drug-likeness (QED) is 0.432. The maximum Gasteiger partial charge on any atom is 0.280 e. The highest BCUT2D eigenvalue weighted by molar-refractivity contribution is 5.70. The van der Waals surface area contributed by atoms with Gasteiger partial charge in [0.25, 0.3) is 5.56 Å². The second kappa shape index (κ2) is 4.27. The van der Waals surface area contributed by atoms with E-state index in [0.717, 1.165) is 0 Å². The van der Waals surface area contributed by atoms with E-state index in [0.29, 0.717) is 5.65 Å². The topological polar surface area (TPSA) is 150 Å². The molecule has 3 rings (SSSR count). The highest BCUT2D eigenvalue weighted by atomic mass is 16.4. The number of aliphatic hydroxyl groups is 3. The Morgan fingerprint density at radius 3 is 3.00 bits per heavy atom. The number of hydrogen-bond acceptors (Lipinski definition) is 7. The van der Waals surface area contributed by atoms with Gasteiger partial charge in [-0.25, -0.2) is 4.98 Å². The zero-order valence-electron chi connectivity index (χ0n) is 10.5. The van der Waals surface area contributed by atoms with Crippen LogP contribution in [0.25, 0.3) is 11.2 Å². The Morgan fingerprint density at radius 2 is 2.35 bits per heavy atom. The minimum atomic E-state index is -1.55. The molecule has 1 aliphatic carbocycles. The summed E-state index contributed by atoms with van der Waals surface area (Å²) in [7, 11) is 0. The van der Waals surface area contributed by atoms with E-state index in [4.69, 9.17) is 5.73 Å². The maximum absolute atomic E-state index is 11.7. The fraction of sp³-hybridized carbons (Fsp3) is 0.545. The van der Waals surface area contributed by atoms with Gasteiger partial charge in [-0.2, -0.15) is 4.98 Å². The second-order valence-electron chi connectivity index (χ2n) is 5.15. The van der Waals surface area contributed by atoms with E-state index in [-0.39, 0.29) is 30.3 Å². The first-order valence-electron chi connectivity index (χ1n) is 6.18. The first-order chi connectivity index (χ1) is 9.44. The molecule has 1 saturated carbocycles. The number of aliphatic hydroxyl groups excluding tert-OH is 2. The van der Waals surface area contributed by atoms with Crippen molar-refractivity contribution >= 4 is 17.1 Å².